The number of amides is 1. The van der Waals surface area contributed by atoms with Gasteiger partial charge in [-0.3, -0.25) is 24.3 Å². The number of carbonyl (C=O) groups excluding carboxylic acids is 2. The van der Waals surface area contributed by atoms with Gasteiger partial charge < -0.3 is 14.8 Å². The van der Waals surface area contributed by atoms with Crippen molar-refractivity contribution >= 4 is 28.3 Å². The van der Waals surface area contributed by atoms with Gasteiger partial charge in [-0.25, -0.2) is 4.68 Å². The number of nitrogens with one attached hydrogen (secondary N) is 2. The van der Waals surface area contributed by atoms with E-state index in [0.717, 1.165) is 10.2 Å². The molecule has 29 heavy (non-hydrogen) atoms. The van der Waals surface area contributed by atoms with Crippen molar-refractivity contribution in [1.82, 2.24) is 9.78 Å². The maximum Gasteiger partial charge on any atom is 0.328 e. The highest BCUT2D eigenvalue weighted by Gasteiger charge is 2.14. The maximum absolute atomic E-state index is 12.4. The number of aromatic amines is 1. The van der Waals surface area contributed by atoms with Crippen LogP contribution in [0.25, 0.3) is 10.8 Å². The van der Waals surface area contributed by atoms with Crippen LogP contribution in [0.15, 0.2) is 52.1 Å². The lowest BCUT2D eigenvalue weighted by atomic mass is 10.2. The zero-order valence-corrected chi connectivity index (χ0v) is 15.9. The van der Waals surface area contributed by atoms with E-state index in [2.05, 4.69) is 10.4 Å². The van der Waals surface area contributed by atoms with Crippen LogP contribution < -0.4 is 21.2 Å². The van der Waals surface area contributed by atoms with Gasteiger partial charge in [0.1, 0.15) is 12.3 Å². The van der Waals surface area contributed by atoms with Crippen molar-refractivity contribution in [1.29, 1.82) is 0 Å². The molecular weight excluding hydrogens is 378 g/mol. The normalized spacial score (nSPS) is 10.6. The molecule has 0 atom stereocenters. The average Bonchev–Trinajstić information content (AvgIpc) is 2.70. The fourth-order valence-corrected chi connectivity index (χ4v) is 2.78. The Kier molecular flexibility index (Phi) is 5.77. The Balaban J connectivity index is 1.65. The molecule has 3 aromatic rings. The summed E-state index contributed by atoms with van der Waals surface area (Å²) in [5.41, 5.74) is 0.324. The fraction of sp³-hybridized carbons (Fsp3) is 0.200. The quantitative estimate of drug-likeness (QED) is 0.603. The molecule has 0 bridgehead atoms. The van der Waals surface area contributed by atoms with E-state index in [0.29, 0.717) is 11.4 Å². The number of H-pyrrole nitrogens is 1. The van der Waals surface area contributed by atoms with Crippen LogP contribution in [-0.2, 0) is 20.9 Å². The largest absolute Gasteiger partial charge is 0.495 e. The molecule has 0 spiro atoms. The third-order valence-electron chi connectivity index (χ3n) is 4.16. The van der Waals surface area contributed by atoms with E-state index < -0.39 is 36.1 Å². The number of hydrogen-bond donors (Lipinski definition) is 2. The van der Waals surface area contributed by atoms with Crippen molar-refractivity contribution in [2.24, 2.45) is 0 Å². The highest BCUT2D eigenvalue weighted by Crippen LogP contribution is 2.24. The van der Waals surface area contributed by atoms with Gasteiger partial charge in [0.25, 0.3) is 17.0 Å². The van der Waals surface area contributed by atoms with Gasteiger partial charge in [0.2, 0.25) is 0 Å². The number of carbonyl (C=O) groups is 2. The van der Waals surface area contributed by atoms with Gasteiger partial charge in [-0.1, -0.05) is 18.2 Å². The van der Waals surface area contributed by atoms with Crippen LogP contribution in [0.3, 0.4) is 0 Å². The summed E-state index contributed by atoms with van der Waals surface area (Å²) in [7, 11) is 1.47. The molecule has 150 valence electrons. The number of ether oxygens (including phenoxy) is 2. The molecule has 9 heteroatoms. The van der Waals surface area contributed by atoms with Gasteiger partial charge in [0.15, 0.2) is 6.61 Å². The first-order valence-electron chi connectivity index (χ1n) is 8.71. The van der Waals surface area contributed by atoms with E-state index in [-0.39, 0.29) is 10.8 Å². The molecule has 2 N–H and O–H groups in total. The van der Waals surface area contributed by atoms with Crippen molar-refractivity contribution < 1.29 is 19.1 Å². The van der Waals surface area contributed by atoms with E-state index in [1.54, 1.807) is 24.3 Å². The summed E-state index contributed by atoms with van der Waals surface area (Å²) in [5, 5.41) is 5.35. The van der Waals surface area contributed by atoms with Gasteiger partial charge in [-0.15, -0.1) is 0 Å². The molecule has 0 saturated carbocycles. The first-order valence-corrected chi connectivity index (χ1v) is 8.71. The monoisotopic (exact) mass is 397 g/mol. The van der Waals surface area contributed by atoms with Gasteiger partial charge in [0.05, 0.1) is 23.6 Å². The van der Waals surface area contributed by atoms with E-state index in [9.17, 15) is 19.2 Å². The van der Waals surface area contributed by atoms with Gasteiger partial charge in [-0.2, -0.15) is 0 Å². The number of esters is 1. The third kappa shape index (κ3) is 4.52. The smallest absolute Gasteiger partial charge is 0.328 e. The van der Waals surface area contributed by atoms with Gasteiger partial charge >= 0.3 is 5.97 Å². The Morgan fingerprint density at radius 2 is 1.83 bits per heavy atom. The second-order valence-electron chi connectivity index (χ2n) is 6.29. The molecule has 9 nitrogen and oxygen atoms in total. The van der Waals surface area contributed by atoms with Crippen molar-refractivity contribution in [2.45, 2.75) is 13.5 Å². The number of rotatable bonds is 6. The SMILES string of the molecule is COc1ccc(C)cc1NC(=O)COC(=O)Cn1[nH]c(=O)c2ccccc2c1=O. The van der Waals surface area contributed by atoms with Crippen LogP contribution in [0, 0.1) is 6.92 Å². The summed E-state index contributed by atoms with van der Waals surface area (Å²) >= 11 is 0. The third-order valence-corrected chi connectivity index (χ3v) is 4.16. The van der Waals surface area contributed by atoms with Crippen molar-refractivity contribution in [3.8, 4) is 5.75 Å². The standard InChI is InChI=1S/C20H19N3O6/c1-12-7-8-16(28-2)15(9-12)21-17(24)11-29-18(25)10-23-20(27)14-6-4-3-5-13(14)19(26)22-23/h3-9H,10-11H2,1-2H3,(H,21,24)(H,22,26). The van der Waals surface area contributed by atoms with Gasteiger partial charge in [-0.05, 0) is 36.8 Å². The van der Waals surface area contributed by atoms with Crippen LogP contribution >= 0.6 is 0 Å². The molecule has 1 amide bonds. The molecule has 1 aromatic heterocycles. The van der Waals surface area contributed by atoms with Crippen molar-refractivity contribution in [3.05, 3.63) is 68.7 Å². The minimum Gasteiger partial charge on any atom is -0.495 e. The number of aromatic nitrogens is 2. The summed E-state index contributed by atoms with van der Waals surface area (Å²) in [5.74, 6) is -0.943. The average molecular weight is 397 g/mol. The second-order valence-corrected chi connectivity index (χ2v) is 6.29. The topological polar surface area (TPSA) is 119 Å². The first kappa shape index (κ1) is 19.9. The number of fused-ring (bicyclic) bond motifs is 1. The fourth-order valence-electron chi connectivity index (χ4n) is 2.78. The zero-order chi connectivity index (χ0) is 21.0. The highest BCUT2D eigenvalue weighted by molar-refractivity contribution is 5.94. The van der Waals surface area contributed by atoms with Crippen LogP contribution in [0.4, 0.5) is 5.69 Å². The Hall–Kier alpha value is -3.88. The number of aryl methyl sites for hydroxylation is 1. The number of anilines is 1. The summed E-state index contributed by atoms with van der Waals surface area (Å²) in [6.07, 6.45) is 0. The van der Waals surface area contributed by atoms with Crippen molar-refractivity contribution in [2.75, 3.05) is 19.0 Å². The lowest BCUT2D eigenvalue weighted by Gasteiger charge is -2.11. The Morgan fingerprint density at radius 3 is 2.55 bits per heavy atom. The zero-order valence-electron chi connectivity index (χ0n) is 15.9. The second kappa shape index (κ2) is 8.42. The molecule has 3 rings (SSSR count). The summed E-state index contributed by atoms with van der Waals surface area (Å²) in [4.78, 5) is 48.5. The summed E-state index contributed by atoms with van der Waals surface area (Å²) < 4.78 is 10.9. The predicted octanol–water partition coefficient (Wildman–Crippen LogP) is 1.19. The first-order chi connectivity index (χ1) is 13.9. The Bertz CT molecular complexity index is 1190. The van der Waals surface area contributed by atoms with Crippen LogP contribution in [0.5, 0.6) is 5.75 Å². The molecule has 0 aliphatic heterocycles. The van der Waals surface area contributed by atoms with Crippen LogP contribution in [-0.4, -0.2) is 35.4 Å². The lowest BCUT2D eigenvalue weighted by Crippen LogP contribution is -2.33. The molecular formula is C20H19N3O6. The van der Waals surface area contributed by atoms with E-state index >= 15 is 0 Å². The van der Waals surface area contributed by atoms with Crippen LogP contribution in [0.2, 0.25) is 0 Å². The summed E-state index contributed by atoms with van der Waals surface area (Å²) in [6.45, 7) is 0.777. The molecule has 2 aromatic carbocycles. The number of hydrogen-bond acceptors (Lipinski definition) is 6. The Morgan fingerprint density at radius 1 is 1.10 bits per heavy atom. The minimum atomic E-state index is -0.843. The minimum absolute atomic E-state index is 0.188. The number of benzene rings is 2. The highest BCUT2D eigenvalue weighted by atomic mass is 16.5. The molecule has 1 heterocycles. The predicted molar refractivity (Wildman–Crippen MR) is 106 cm³/mol. The molecule has 0 saturated heterocycles. The number of nitrogens with zero attached hydrogens (tertiary/aromatic N) is 1. The molecule has 0 fully saturated rings. The molecule has 0 aliphatic rings. The van der Waals surface area contributed by atoms with E-state index in [1.807, 2.05) is 13.0 Å². The Labute approximate surface area is 164 Å². The maximum atomic E-state index is 12.4. The molecule has 0 aliphatic carbocycles. The number of methoxy groups -OCH3 is 1. The lowest BCUT2D eigenvalue weighted by molar-refractivity contribution is -0.148. The van der Waals surface area contributed by atoms with Crippen LogP contribution in [0.1, 0.15) is 5.56 Å². The van der Waals surface area contributed by atoms with Crippen molar-refractivity contribution in [3.63, 3.8) is 0 Å². The van der Waals surface area contributed by atoms with Gasteiger partial charge in [0, 0.05) is 0 Å². The van der Waals surface area contributed by atoms with E-state index in [4.69, 9.17) is 9.47 Å². The summed E-state index contributed by atoms with van der Waals surface area (Å²) in [6, 6.07) is 11.5. The molecule has 0 unspecified atom stereocenters. The van der Waals surface area contributed by atoms with E-state index in [1.165, 1.54) is 19.2 Å². The molecule has 0 radical (unpaired) electrons.